The molecule has 0 spiro atoms. The number of alkyl halides is 3. The second-order valence-corrected chi connectivity index (χ2v) is 7.19. The Morgan fingerprint density at radius 1 is 1.33 bits per heavy atom. The van der Waals surface area contributed by atoms with Crippen molar-refractivity contribution in [3.05, 3.63) is 35.4 Å². The van der Waals surface area contributed by atoms with Crippen LogP contribution in [0.4, 0.5) is 18.0 Å². The number of halogens is 4. The van der Waals surface area contributed by atoms with Gasteiger partial charge in [-0.2, -0.15) is 13.2 Å². The molecule has 1 aliphatic heterocycles. The lowest BCUT2D eigenvalue weighted by molar-refractivity contribution is -0.137. The van der Waals surface area contributed by atoms with Gasteiger partial charge in [-0.3, -0.25) is 4.99 Å². The molecule has 0 saturated carbocycles. The zero-order valence-electron chi connectivity index (χ0n) is 17.5. The lowest BCUT2D eigenvalue weighted by Gasteiger charge is -2.32. The number of hydrogen-bond donors (Lipinski definition) is 2. The van der Waals surface area contributed by atoms with E-state index in [4.69, 9.17) is 4.74 Å². The number of methoxy groups -OCH3 is 1. The van der Waals surface area contributed by atoms with Crippen molar-refractivity contribution >= 4 is 36.0 Å². The summed E-state index contributed by atoms with van der Waals surface area (Å²) < 4.78 is 43.4. The van der Waals surface area contributed by atoms with E-state index in [1.807, 2.05) is 6.92 Å². The van der Waals surface area contributed by atoms with Crippen LogP contribution < -0.4 is 10.6 Å². The zero-order chi connectivity index (χ0) is 21.4. The Hall–Kier alpha value is -1.72. The third-order valence-electron chi connectivity index (χ3n) is 5.15. The number of rotatable bonds is 5. The SMILES string of the molecule is CN=C(NCCC(C)c1cccc(C(F)(F)F)c1)NC1CCN(C(=O)OC)CC1.I. The highest BCUT2D eigenvalue weighted by Gasteiger charge is 2.30. The summed E-state index contributed by atoms with van der Waals surface area (Å²) in [4.78, 5) is 17.4. The number of carbonyl (C=O) groups excluding carboxylic acids is 1. The van der Waals surface area contributed by atoms with Crippen molar-refractivity contribution in [2.24, 2.45) is 4.99 Å². The Bertz CT molecular complexity index is 708. The molecule has 1 aromatic carbocycles. The number of likely N-dealkylation sites (tertiary alicyclic amines) is 1. The summed E-state index contributed by atoms with van der Waals surface area (Å²) in [5.74, 6) is 0.629. The monoisotopic (exact) mass is 542 g/mol. The van der Waals surface area contributed by atoms with Crippen molar-refractivity contribution in [3.8, 4) is 0 Å². The molecule has 1 saturated heterocycles. The highest BCUT2D eigenvalue weighted by Crippen LogP contribution is 2.31. The number of aliphatic imine (C=N–C) groups is 1. The van der Waals surface area contributed by atoms with Gasteiger partial charge in [0, 0.05) is 32.7 Å². The van der Waals surface area contributed by atoms with Crippen molar-refractivity contribution in [1.29, 1.82) is 0 Å². The smallest absolute Gasteiger partial charge is 0.416 e. The average molecular weight is 542 g/mol. The van der Waals surface area contributed by atoms with Gasteiger partial charge in [-0.15, -0.1) is 24.0 Å². The van der Waals surface area contributed by atoms with Gasteiger partial charge < -0.3 is 20.3 Å². The van der Waals surface area contributed by atoms with Crippen LogP contribution in [0.1, 0.15) is 43.2 Å². The molecule has 2 rings (SSSR count). The summed E-state index contributed by atoms with van der Waals surface area (Å²) in [6, 6.07) is 5.67. The van der Waals surface area contributed by atoms with E-state index in [-0.39, 0.29) is 42.0 Å². The minimum Gasteiger partial charge on any atom is -0.453 e. The first-order chi connectivity index (χ1) is 13.7. The second-order valence-electron chi connectivity index (χ2n) is 7.19. The lowest BCUT2D eigenvalue weighted by atomic mass is 9.96. The summed E-state index contributed by atoms with van der Waals surface area (Å²) in [6.45, 7) is 3.73. The third-order valence-corrected chi connectivity index (χ3v) is 5.15. The fourth-order valence-corrected chi connectivity index (χ4v) is 3.32. The molecule has 1 atom stereocenters. The van der Waals surface area contributed by atoms with Crippen molar-refractivity contribution < 1.29 is 22.7 Å². The van der Waals surface area contributed by atoms with Crippen molar-refractivity contribution in [2.45, 2.75) is 44.3 Å². The van der Waals surface area contributed by atoms with E-state index in [0.29, 0.717) is 37.6 Å². The molecule has 0 radical (unpaired) electrons. The number of piperidine rings is 1. The van der Waals surface area contributed by atoms with E-state index in [9.17, 15) is 18.0 Å². The van der Waals surface area contributed by atoms with Crippen LogP contribution in [0, 0.1) is 0 Å². The summed E-state index contributed by atoms with van der Waals surface area (Å²) in [5, 5.41) is 6.56. The van der Waals surface area contributed by atoms with Gasteiger partial charge in [-0.25, -0.2) is 4.79 Å². The quantitative estimate of drug-likeness (QED) is 0.333. The number of ether oxygens (including phenoxy) is 1. The number of carbonyl (C=O) groups is 1. The average Bonchev–Trinajstić information content (AvgIpc) is 2.72. The minimum atomic E-state index is -4.33. The number of guanidine groups is 1. The molecule has 30 heavy (non-hydrogen) atoms. The second kappa shape index (κ2) is 12.2. The fraction of sp³-hybridized carbons (Fsp3) is 0.600. The number of amides is 1. The van der Waals surface area contributed by atoms with E-state index in [2.05, 4.69) is 15.6 Å². The molecule has 170 valence electrons. The van der Waals surface area contributed by atoms with Gasteiger partial charge in [0.1, 0.15) is 0 Å². The van der Waals surface area contributed by atoms with E-state index in [1.54, 1.807) is 18.0 Å². The van der Waals surface area contributed by atoms with Crippen LogP contribution in [0.25, 0.3) is 0 Å². The van der Waals surface area contributed by atoms with E-state index in [0.717, 1.165) is 18.9 Å². The molecular formula is C20H30F3IN4O2. The molecule has 1 unspecified atom stereocenters. The Kier molecular flexibility index (Phi) is 10.7. The van der Waals surface area contributed by atoms with Crippen LogP contribution in [0.5, 0.6) is 0 Å². The van der Waals surface area contributed by atoms with Crippen LogP contribution in [-0.4, -0.2) is 56.8 Å². The number of nitrogens with one attached hydrogen (secondary N) is 2. The normalized spacial score (nSPS) is 16.5. The Labute approximate surface area is 192 Å². The molecule has 1 aliphatic rings. The molecule has 0 aromatic heterocycles. The summed E-state index contributed by atoms with van der Waals surface area (Å²) in [7, 11) is 3.05. The Balaban J connectivity index is 0.00000450. The summed E-state index contributed by atoms with van der Waals surface area (Å²) in [5.41, 5.74) is 0.0466. The van der Waals surface area contributed by atoms with Gasteiger partial charge in [-0.1, -0.05) is 25.1 Å². The highest BCUT2D eigenvalue weighted by molar-refractivity contribution is 14.0. The van der Waals surface area contributed by atoms with Gasteiger partial charge in [0.15, 0.2) is 5.96 Å². The zero-order valence-corrected chi connectivity index (χ0v) is 19.8. The van der Waals surface area contributed by atoms with Gasteiger partial charge >= 0.3 is 12.3 Å². The highest BCUT2D eigenvalue weighted by atomic mass is 127. The molecule has 0 aliphatic carbocycles. The van der Waals surface area contributed by atoms with Crippen molar-refractivity contribution in [2.75, 3.05) is 33.8 Å². The van der Waals surface area contributed by atoms with Crippen molar-refractivity contribution in [3.63, 3.8) is 0 Å². The maximum Gasteiger partial charge on any atom is 0.416 e. The maximum absolute atomic E-state index is 12.9. The first-order valence-corrected chi connectivity index (χ1v) is 9.71. The first-order valence-electron chi connectivity index (χ1n) is 9.71. The minimum absolute atomic E-state index is 0. The molecule has 1 heterocycles. The van der Waals surface area contributed by atoms with Gasteiger partial charge in [0.25, 0.3) is 0 Å². The van der Waals surface area contributed by atoms with Crippen LogP contribution in [0.3, 0.4) is 0 Å². The fourth-order valence-electron chi connectivity index (χ4n) is 3.32. The molecule has 0 bridgehead atoms. The van der Waals surface area contributed by atoms with Crippen LogP contribution >= 0.6 is 24.0 Å². The van der Waals surface area contributed by atoms with Crippen LogP contribution in [0.2, 0.25) is 0 Å². The first kappa shape index (κ1) is 26.3. The molecule has 10 heteroatoms. The molecule has 1 aromatic rings. The van der Waals surface area contributed by atoms with Gasteiger partial charge in [0.05, 0.1) is 12.7 Å². The molecule has 6 nitrogen and oxygen atoms in total. The predicted molar refractivity (Wildman–Crippen MR) is 121 cm³/mol. The summed E-state index contributed by atoms with van der Waals surface area (Å²) >= 11 is 0. The Morgan fingerprint density at radius 3 is 2.57 bits per heavy atom. The predicted octanol–water partition coefficient (Wildman–Crippen LogP) is 4.21. The number of benzene rings is 1. The number of hydrogen-bond acceptors (Lipinski definition) is 3. The number of nitrogens with zero attached hydrogens (tertiary/aromatic N) is 2. The maximum atomic E-state index is 12.9. The topological polar surface area (TPSA) is 66.0 Å². The van der Waals surface area contributed by atoms with Crippen molar-refractivity contribution in [1.82, 2.24) is 15.5 Å². The van der Waals surface area contributed by atoms with E-state index >= 15 is 0 Å². The van der Waals surface area contributed by atoms with Gasteiger partial charge in [-0.05, 0) is 36.8 Å². The lowest BCUT2D eigenvalue weighted by Crippen LogP contribution is -2.49. The van der Waals surface area contributed by atoms with Crippen LogP contribution in [0.15, 0.2) is 29.3 Å². The molecule has 2 N–H and O–H groups in total. The summed E-state index contributed by atoms with van der Waals surface area (Å²) in [6.07, 6.45) is -2.39. The van der Waals surface area contributed by atoms with E-state index in [1.165, 1.54) is 19.2 Å². The van der Waals surface area contributed by atoms with E-state index < -0.39 is 11.7 Å². The third kappa shape index (κ3) is 7.84. The molecule has 1 amide bonds. The standard InChI is InChI=1S/C20H29F3N4O2.HI/c1-14(15-5-4-6-16(13-15)20(21,22)23)7-10-25-18(24-2)26-17-8-11-27(12-9-17)19(28)29-3;/h4-6,13-14,17H,7-12H2,1-3H3,(H2,24,25,26);1H. The van der Waals surface area contributed by atoms with Gasteiger partial charge in [0.2, 0.25) is 0 Å². The van der Waals surface area contributed by atoms with Crippen LogP contribution in [-0.2, 0) is 10.9 Å². The largest absolute Gasteiger partial charge is 0.453 e. The Morgan fingerprint density at radius 2 is 2.00 bits per heavy atom. The molecular weight excluding hydrogens is 512 g/mol. The molecule has 1 fully saturated rings.